The molecule has 0 heterocycles. The van der Waals surface area contributed by atoms with Crippen molar-refractivity contribution in [3.05, 3.63) is 0 Å². The highest BCUT2D eigenvalue weighted by molar-refractivity contribution is 5.75. The van der Waals surface area contributed by atoms with Crippen molar-refractivity contribution in [2.45, 2.75) is 78.2 Å². The third-order valence-electron chi connectivity index (χ3n) is 11.7. The van der Waals surface area contributed by atoms with E-state index in [-0.39, 0.29) is 17.3 Å². The molecule has 0 aliphatic heterocycles. The van der Waals surface area contributed by atoms with Crippen molar-refractivity contribution < 1.29 is 14.3 Å². The van der Waals surface area contributed by atoms with Gasteiger partial charge in [0.25, 0.3) is 0 Å². The zero-order chi connectivity index (χ0) is 21.5. The SMILES string of the molecule is COC(=O)C(C#N)C(C)C1CC[C@H]2[C@@H]3CC(OC)C45CC4CC[C@]5(C)[C@H]3CC[C@]12C. The molecule has 4 nitrogen and oxygen atoms in total. The minimum Gasteiger partial charge on any atom is -0.468 e. The maximum absolute atomic E-state index is 12.3. The van der Waals surface area contributed by atoms with Gasteiger partial charge in [0.15, 0.2) is 0 Å². The van der Waals surface area contributed by atoms with E-state index in [0.717, 1.165) is 24.2 Å². The van der Waals surface area contributed by atoms with Crippen LogP contribution in [0.25, 0.3) is 0 Å². The van der Waals surface area contributed by atoms with E-state index in [2.05, 4.69) is 26.8 Å². The van der Waals surface area contributed by atoms with E-state index in [0.29, 0.717) is 28.8 Å². The summed E-state index contributed by atoms with van der Waals surface area (Å²) in [6.45, 7) is 7.22. The van der Waals surface area contributed by atoms with Crippen LogP contribution in [-0.4, -0.2) is 26.3 Å². The Morgan fingerprint density at radius 3 is 2.50 bits per heavy atom. The molecule has 6 unspecified atom stereocenters. The topological polar surface area (TPSA) is 59.3 Å². The fourth-order valence-electron chi connectivity index (χ4n) is 10.2. The standard InChI is InChI=1S/C26H39NO3/c1-15(18(14-27)23(28)30-5)19-6-7-20-17-12-22(29-4)26-13-16(26)8-11-25(26,3)21(17)9-10-24(19,20)2/h15-22H,6-13H2,1-5H3/t15?,16?,17-,18?,19?,20-,21-,22?,24+,25+,26?/m0/s1. The molecule has 11 atom stereocenters. The van der Waals surface area contributed by atoms with Gasteiger partial charge in [-0.1, -0.05) is 20.8 Å². The van der Waals surface area contributed by atoms with Gasteiger partial charge in [0, 0.05) is 12.5 Å². The van der Waals surface area contributed by atoms with Gasteiger partial charge in [-0.3, -0.25) is 4.79 Å². The second kappa shape index (κ2) is 6.71. The predicted octanol–water partition coefficient (Wildman–Crippen LogP) is 5.22. The highest BCUT2D eigenvalue weighted by Crippen LogP contribution is 2.82. The van der Waals surface area contributed by atoms with Gasteiger partial charge in [0.05, 0.1) is 19.3 Å². The Balaban J connectivity index is 1.44. The molecule has 0 saturated heterocycles. The zero-order valence-electron chi connectivity index (χ0n) is 19.4. The number of esters is 1. The molecule has 0 aromatic heterocycles. The van der Waals surface area contributed by atoms with Gasteiger partial charge in [0.2, 0.25) is 0 Å². The van der Waals surface area contributed by atoms with E-state index in [4.69, 9.17) is 9.47 Å². The van der Waals surface area contributed by atoms with Gasteiger partial charge in [-0.05, 0) is 97.7 Å². The van der Waals surface area contributed by atoms with Crippen LogP contribution in [0.15, 0.2) is 0 Å². The lowest BCUT2D eigenvalue weighted by Gasteiger charge is -2.61. The first-order chi connectivity index (χ1) is 14.3. The summed E-state index contributed by atoms with van der Waals surface area (Å²) in [5.41, 5.74) is 1.15. The summed E-state index contributed by atoms with van der Waals surface area (Å²) in [6, 6.07) is 2.27. The lowest BCUT2D eigenvalue weighted by molar-refractivity contribution is -0.162. The Labute approximate surface area is 182 Å². The third-order valence-corrected chi connectivity index (χ3v) is 11.7. The number of hydrogen-bond acceptors (Lipinski definition) is 4. The van der Waals surface area contributed by atoms with E-state index in [1.165, 1.54) is 52.1 Å². The molecule has 1 spiro atoms. The summed E-state index contributed by atoms with van der Waals surface area (Å²) in [7, 11) is 3.35. The quantitative estimate of drug-likeness (QED) is 0.593. The average Bonchev–Trinajstić information content (AvgIpc) is 3.24. The van der Waals surface area contributed by atoms with Crippen molar-refractivity contribution in [2.75, 3.05) is 14.2 Å². The van der Waals surface area contributed by atoms with Gasteiger partial charge in [-0.15, -0.1) is 0 Å². The highest BCUT2D eigenvalue weighted by Gasteiger charge is 2.77. The van der Waals surface area contributed by atoms with E-state index >= 15 is 0 Å². The van der Waals surface area contributed by atoms with Crippen LogP contribution in [0, 0.1) is 69.0 Å². The molecule has 0 aromatic carbocycles. The largest absolute Gasteiger partial charge is 0.468 e. The number of carbonyl (C=O) groups excluding carboxylic acids is 1. The van der Waals surface area contributed by atoms with Crippen molar-refractivity contribution >= 4 is 5.97 Å². The number of rotatable bonds is 4. The fourth-order valence-corrected chi connectivity index (χ4v) is 10.2. The zero-order valence-corrected chi connectivity index (χ0v) is 19.4. The van der Waals surface area contributed by atoms with Gasteiger partial charge >= 0.3 is 5.97 Å². The molecule has 166 valence electrons. The van der Waals surface area contributed by atoms with E-state index in [1.54, 1.807) is 0 Å². The Morgan fingerprint density at radius 1 is 1.10 bits per heavy atom. The number of nitrogens with zero attached hydrogens (tertiary/aromatic N) is 1. The second-order valence-corrected chi connectivity index (χ2v) is 12.0. The molecule has 5 rings (SSSR count). The van der Waals surface area contributed by atoms with Crippen LogP contribution >= 0.6 is 0 Å². The smallest absolute Gasteiger partial charge is 0.323 e. The van der Waals surface area contributed by atoms with E-state index in [1.807, 2.05) is 7.11 Å². The summed E-state index contributed by atoms with van der Waals surface area (Å²) in [6.07, 6.45) is 10.8. The van der Waals surface area contributed by atoms with Crippen LogP contribution in [0.2, 0.25) is 0 Å². The lowest BCUT2D eigenvalue weighted by atomic mass is 9.45. The number of methoxy groups -OCH3 is 2. The molecule has 0 amide bonds. The molecular formula is C26H39NO3. The van der Waals surface area contributed by atoms with Crippen molar-refractivity contribution in [1.82, 2.24) is 0 Å². The van der Waals surface area contributed by atoms with Gasteiger partial charge < -0.3 is 9.47 Å². The molecule has 0 N–H and O–H groups in total. The first-order valence-electron chi connectivity index (χ1n) is 12.3. The number of fused-ring (bicyclic) bond motifs is 4. The van der Waals surface area contributed by atoms with Gasteiger partial charge in [0.1, 0.15) is 5.92 Å². The Bertz CT molecular complexity index is 775. The number of hydrogen-bond donors (Lipinski definition) is 0. The normalized spacial score (nSPS) is 52.8. The minimum atomic E-state index is -0.644. The van der Waals surface area contributed by atoms with Crippen LogP contribution < -0.4 is 0 Å². The molecule has 5 aliphatic carbocycles. The monoisotopic (exact) mass is 413 g/mol. The molecule has 0 radical (unpaired) electrons. The Morgan fingerprint density at radius 2 is 1.87 bits per heavy atom. The average molecular weight is 414 g/mol. The van der Waals surface area contributed by atoms with E-state index < -0.39 is 5.92 Å². The number of carbonyl (C=O) groups is 1. The third kappa shape index (κ3) is 2.34. The summed E-state index contributed by atoms with van der Waals surface area (Å²) in [5, 5.41) is 9.69. The van der Waals surface area contributed by atoms with E-state index in [9.17, 15) is 10.1 Å². The lowest BCUT2D eigenvalue weighted by Crippen LogP contribution is -2.57. The number of nitriles is 1. The van der Waals surface area contributed by atoms with Crippen LogP contribution in [0.4, 0.5) is 0 Å². The molecular weight excluding hydrogens is 374 g/mol. The maximum Gasteiger partial charge on any atom is 0.323 e. The van der Waals surface area contributed by atoms with Gasteiger partial charge in [-0.25, -0.2) is 0 Å². The molecule has 5 saturated carbocycles. The first-order valence-corrected chi connectivity index (χ1v) is 12.3. The Hall–Kier alpha value is -1.08. The summed E-state index contributed by atoms with van der Waals surface area (Å²) < 4.78 is 11.2. The Kier molecular flexibility index (Phi) is 4.65. The molecule has 30 heavy (non-hydrogen) atoms. The van der Waals surface area contributed by atoms with Gasteiger partial charge in [-0.2, -0.15) is 5.26 Å². The van der Waals surface area contributed by atoms with Crippen molar-refractivity contribution in [1.29, 1.82) is 5.26 Å². The molecule has 0 aromatic rings. The summed E-state index contributed by atoms with van der Waals surface area (Å²) >= 11 is 0. The van der Waals surface area contributed by atoms with Crippen LogP contribution in [0.1, 0.15) is 72.1 Å². The molecule has 0 bridgehead atoms. The van der Waals surface area contributed by atoms with Crippen molar-refractivity contribution in [3.63, 3.8) is 0 Å². The molecule has 5 fully saturated rings. The van der Waals surface area contributed by atoms with Crippen molar-refractivity contribution in [3.8, 4) is 6.07 Å². The summed E-state index contributed by atoms with van der Waals surface area (Å²) in [5.74, 6) is 2.65. The summed E-state index contributed by atoms with van der Waals surface area (Å²) in [4.78, 5) is 12.3. The van der Waals surface area contributed by atoms with Crippen LogP contribution in [0.5, 0.6) is 0 Å². The fraction of sp³-hybridized carbons (Fsp3) is 0.923. The first kappa shape index (κ1) is 20.8. The molecule has 5 aliphatic rings. The maximum atomic E-state index is 12.3. The number of ether oxygens (including phenoxy) is 2. The predicted molar refractivity (Wildman–Crippen MR) is 114 cm³/mol. The van der Waals surface area contributed by atoms with Crippen LogP contribution in [-0.2, 0) is 14.3 Å². The van der Waals surface area contributed by atoms with Crippen LogP contribution in [0.3, 0.4) is 0 Å². The highest BCUT2D eigenvalue weighted by atomic mass is 16.5. The van der Waals surface area contributed by atoms with Crippen molar-refractivity contribution in [2.24, 2.45) is 57.7 Å². The minimum absolute atomic E-state index is 0.0528. The molecule has 4 heteroatoms. The second-order valence-electron chi connectivity index (χ2n) is 12.0.